The Hall–Kier alpha value is -1.82. The van der Waals surface area contributed by atoms with Gasteiger partial charge in [-0.25, -0.2) is 18.4 Å². The molecule has 0 amide bonds. The van der Waals surface area contributed by atoms with E-state index in [4.69, 9.17) is 0 Å². The molecule has 1 fully saturated rings. The van der Waals surface area contributed by atoms with E-state index in [0.29, 0.717) is 24.2 Å². The van der Waals surface area contributed by atoms with Crippen molar-refractivity contribution < 1.29 is 8.42 Å². The number of nitrogens with zero attached hydrogens (tertiary/aromatic N) is 5. The summed E-state index contributed by atoms with van der Waals surface area (Å²) in [5.74, 6) is 0. The molecule has 0 spiro atoms. The summed E-state index contributed by atoms with van der Waals surface area (Å²) < 4.78 is 23.3. The number of aromatic amines is 1. The van der Waals surface area contributed by atoms with E-state index in [9.17, 15) is 13.2 Å². The fraction of sp³-hybridized carbons (Fsp3) is 0.588. The molecule has 28 heavy (non-hydrogen) atoms. The van der Waals surface area contributed by atoms with E-state index in [0.717, 1.165) is 55.5 Å². The van der Waals surface area contributed by atoms with Gasteiger partial charge in [-0.3, -0.25) is 14.7 Å². The molecule has 0 atom stereocenters. The van der Waals surface area contributed by atoms with Crippen LogP contribution in [0, 0.1) is 0 Å². The summed E-state index contributed by atoms with van der Waals surface area (Å²) in [6.45, 7) is 5.98. The van der Waals surface area contributed by atoms with Gasteiger partial charge in [0, 0.05) is 69.6 Å². The van der Waals surface area contributed by atoms with Gasteiger partial charge in [0.25, 0.3) is 5.56 Å². The van der Waals surface area contributed by atoms with E-state index in [1.165, 1.54) is 0 Å². The normalized spacial score (nSPS) is 19.0. The quantitative estimate of drug-likeness (QED) is 0.681. The number of hydrogen-bond donors (Lipinski definition) is 1. The first-order chi connectivity index (χ1) is 13.3. The predicted molar refractivity (Wildman–Crippen MR) is 108 cm³/mol. The highest BCUT2D eigenvalue weighted by atomic mass is 32.2. The maximum Gasteiger partial charge on any atom is 0.256 e. The number of aromatic nitrogens is 3. The fourth-order valence-electron chi connectivity index (χ4n) is 3.50. The van der Waals surface area contributed by atoms with Gasteiger partial charge in [-0.1, -0.05) is 0 Å². The molecule has 0 aliphatic carbocycles. The van der Waals surface area contributed by atoms with Crippen molar-refractivity contribution in [2.24, 2.45) is 0 Å². The molecule has 0 saturated carbocycles. The number of anilines is 1. The molecule has 2 aromatic heterocycles. The predicted octanol–water partition coefficient (Wildman–Crippen LogP) is -0.0600. The lowest BCUT2D eigenvalue weighted by atomic mass is 10.1. The van der Waals surface area contributed by atoms with Gasteiger partial charge in [0.15, 0.2) is 5.13 Å². The van der Waals surface area contributed by atoms with Gasteiger partial charge >= 0.3 is 0 Å². The van der Waals surface area contributed by atoms with Gasteiger partial charge in [-0.05, 0) is 7.05 Å². The Kier molecular flexibility index (Phi) is 5.25. The molecule has 1 N–H and O–H groups in total. The van der Waals surface area contributed by atoms with Crippen LogP contribution in [0.25, 0.3) is 0 Å². The molecule has 2 aliphatic heterocycles. The average Bonchev–Trinajstić information content (AvgIpc) is 3.10. The Labute approximate surface area is 167 Å². The van der Waals surface area contributed by atoms with Crippen LogP contribution < -0.4 is 10.5 Å². The topological polar surface area (TPSA) is 102 Å². The highest BCUT2D eigenvalue weighted by Crippen LogP contribution is 2.26. The molecule has 0 bridgehead atoms. The highest BCUT2D eigenvalue weighted by Gasteiger charge is 2.24. The Morgan fingerprint density at radius 2 is 1.96 bits per heavy atom. The standard InChI is InChI=1S/C17H24N6O3S2/c1-21-5-7-23(8-6-21)17-18-9-12(27-17)10-22-4-3-14-13(11-22)15(24)20-16(19-14)28(2,25)26/h9H,3-8,10-11H2,1-2H3,(H,19,20,24). The number of piperazine rings is 1. The summed E-state index contributed by atoms with van der Waals surface area (Å²) in [5.41, 5.74) is 0.780. The van der Waals surface area contributed by atoms with Crippen molar-refractivity contribution in [3.05, 3.63) is 32.7 Å². The van der Waals surface area contributed by atoms with Crippen LogP contribution in [0.2, 0.25) is 0 Å². The van der Waals surface area contributed by atoms with Crippen molar-refractivity contribution >= 4 is 26.3 Å². The molecular formula is C17H24N6O3S2. The van der Waals surface area contributed by atoms with E-state index >= 15 is 0 Å². The number of sulfone groups is 1. The molecule has 2 aromatic rings. The summed E-state index contributed by atoms with van der Waals surface area (Å²) in [7, 11) is -1.39. The van der Waals surface area contributed by atoms with Crippen molar-refractivity contribution in [2.75, 3.05) is 50.9 Å². The molecule has 4 heterocycles. The second-order valence-electron chi connectivity index (χ2n) is 7.43. The van der Waals surface area contributed by atoms with Crippen molar-refractivity contribution in [1.29, 1.82) is 0 Å². The van der Waals surface area contributed by atoms with Crippen LogP contribution >= 0.6 is 11.3 Å². The summed E-state index contributed by atoms with van der Waals surface area (Å²) >= 11 is 1.70. The second kappa shape index (κ2) is 7.54. The smallest absolute Gasteiger partial charge is 0.256 e. The van der Waals surface area contributed by atoms with E-state index in [1.807, 2.05) is 6.20 Å². The molecule has 2 aliphatic rings. The number of rotatable bonds is 4. The number of thiazole rings is 1. The number of likely N-dealkylation sites (N-methyl/N-ethyl adjacent to an activating group) is 1. The summed E-state index contributed by atoms with van der Waals surface area (Å²) in [6.07, 6.45) is 3.53. The summed E-state index contributed by atoms with van der Waals surface area (Å²) in [5, 5.41) is 0.807. The average molecular weight is 425 g/mol. The minimum Gasteiger partial charge on any atom is -0.346 e. The van der Waals surface area contributed by atoms with Gasteiger partial charge < -0.3 is 9.80 Å². The van der Waals surface area contributed by atoms with Crippen LogP contribution in [0.5, 0.6) is 0 Å². The summed E-state index contributed by atoms with van der Waals surface area (Å²) in [4.78, 5) is 31.5. The SMILES string of the molecule is CN1CCN(c2ncc(CN3CCc4nc(S(C)(=O)=O)[nH]c(=O)c4C3)s2)CC1. The van der Waals surface area contributed by atoms with Gasteiger partial charge in [0.05, 0.1) is 11.3 Å². The zero-order valence-electron chi connectivity index (χ0n) is 16.0. The molecule has 11 heteroatoms. The maximum atomic E-state index is 12.4. The van der Waals surface area contributed by atoms with Gasteiger partial charge in [0.1, 0.15) is 0 Å². The molecule has 9 nitrogen and oxygen atoms in total. The van der Waals surface area contributed by atoms with Crippen LogP contribution in [-0.2, 0) is 29.3 Å². The van der Waals surface area contributed by atoms with Crippen LogP contribution in [0.3, 0.4) is 0 Å². The lowest BCUT2D eigenvalue weighted by molar-refractivity contribution is 0.243. The molecule has 1 saturated heterocycles. The molecule has 0 radical (unpaired) electrons. The second-order valence-corrected chi connectivity index (χ2v) is 10.5. The van der Waals surface area contributed by atoms with Crippen LogP contribution in [-0.4, -0.2) is 79.2 Å². The monoisotopic (exact) mass is 424 g/mol. The van der Waals surface area contributed by atoms with Gasteiger partial charge in [-0.15, -0.1) is 11.3 Å². The Bertz CT molecular complexity index is 1020. The van der Waals surface area contributed by atoms with Crippen molar-refractivity contribution in [1.82, 2.24) is 24.8 Å². The number of H-pyrrole nitrogens is 1. The lowest BCUT2D eigenvalue weighted by Crippen LogP contribution is -2.44. The lowest BCUT2D eigenvalue weighted by Gasteiger charge is -2.32. The minimum atomic E-state index is -3.53. The maximum absolute atomic E-state index is 12.4. The molecule has 0 aromatic carbocycles. The van der Waals surface area contributed by atoms with E-state index in [1.54, 1.807) is 11.3 Å². The van der Waals surface area contributed by atoms with E-state index < -0.39 is 9.84 Å². The third-order valence-corrected chi connectivity index (χ3v) is 7.11. The Morgan fingerprint density at radius 1 is 1.21 bits per heavy atom. The molecule has 4 rings (SSSR count). The number of nitrogens with one attached hydrogen (secondary N) is 1. The first-order valence-corrected chi connectivity index (χ1v) is 11.9. The molecule has 152 valence electrons. The molecular weight excluding hydrogens is 400 g/mol. The zero-order valence-corrected chi connectivity index (χ0v) is 17.6. The van der Waals surface area contributed by atoms with Gasteiger partial charge in [0.2, 0.25) is 15.0 Å². The Balaban J connectivity index is 1.45. The molecule has 0 unspecified atom stereocenters. The third-order valence-electron chi connectivity index (χ3n) is 5.17. The van der Waals surface area contributed by atoms with Crippen molar-refractivity contribution in [3.63, 3.8) is 0 Å². The zero-order chi connectivity index (χ0) is 19.9. The van der Waals surface area contributed by atoms with Crippen molar-refractivity contribution in [3.8, 4) is 0 Å². The van der Waals surface area contributed by atoms with Crippen molar-refractivity contribution in [2.45, 2.75) is 24.7 Å². The third kappa shape index (κ3) is 4.12. The summed E-state index contributed by atoms with van der Waals surface area (Å²) in [6, 6.07) is 0. The van der Waals surface area contributed by atoms with E-state index in [-0.39, 0.29) is 10.7 Å². The van der Waals surface area contributed by atoms with Crippen LogP contribution in [0.1, 0.15) is 16.1 Å². The van der Waals surface area contributed by atoms with E-state index in [2.05, 4.69) is 36.7 Å². The highest BCUT2D eigenvalue weighted by molar-refractivity contribution is 7.90. The van der Waals surface area contributed by atoms with Gasteiger partial charge in [-0.2, -0.15) is 0 Å². The number of hydrogen-bond acceptors (Lipinski definition) is 9. The van der Waals surface area contributed by atoms with Crippen LogP contribution in [0.15, 0.2) is 16.1 Å². The number of fused-ring (bicyclic) bond motifs is 1. The minimum absolute atomic E-state index is 0.246. The Morgan fingerprint density at radius 3 is 2.68 bits per heavy atom. The largest absolute Gasteiger partial charge is 0.346 e. The van der Waals surface area contributed by atoms with Crippen LogP contribution in [0.4, 0.5) is 5.13 Å². The first kappa shape index (κ1) is 19.5. The first-order valence-electron chi connectivity index (χ1n) is 9.22. The fourth-order valence-corrected chi connectivity index (χ4v) is 5.06.